The molecule has 2 aliphatic rings. The fourth-order valence-corrected chi connectivity index (χ4v) is 4.08. The average Bonchev–Trinajstić information content (AvgIpc) is 3.29. The second kappa shape index (κ2) is 7.14. The van der Waals surface area contributed by atoms with Crippen LogP contribution in [0.2, 0.25) is 0 Å². The lowest BCUT2D eigenvalue weighted by molar-refractivity contribution is -0.127. The molecule has 2 aromatic rings. The van der Waals surface area contributed by atoms with Crippen LogP contribution in [0.1, 0.15) is 44.5 Å². The summed E-state index contributed by atoms with van der Waals surface area (Å²) in [7, 11) is 0. The summed E-state index contributed by atoms with van der Waals surface area (Å²) in [5, 5.41) is 3.16. The summed E-state index contributed by atoms with van der Waals surface area (Å²) >= 11 is 0. The first-order valence-electron chi connectivity index (χ1n) is 9.31. The fraction of sp³-hybridized carbons (Fsp3) is 0.579. The molecule has 2 atom stereocenters. The van der Waals surface area contributed by atoms with Crippen molar-refractivity contribution in [2.24, 2.45) is 0 Å². The van der Waals surface area contributed by atoms with E-state index in [1.807, 2.05) is 31.2 Å². The highest BCUT2D eigenvalue weighted by molar-refractivity contribution is 5.82. The van der Waals surface area contributed by atoms with Crippen LogP contribution in [0.15, 0.2) is 24.3 Å². The molecule has 6 heteroatoms. The Hall–Kier alpha value is -1.92. The molecule has 2 fully saturated rings. The van der Waals surface area contributed by atoms with Gasteiger partial charge in [-0.3, -0.25) is 9.69 Å². The van der Waals surface area contributed by atoms with Gasteiger partial charge in [0.2, 0.25) is 5.91 Å². The number of amides is 1. The highest BCUT2D eigenvalue weighted by atomic mass is 16.5. The third-order valence-electron chi connectivity index (χ3n) is 5.43. The van der Waals surface area contributed by atoms with Crippen LogP contribution in [0.5, 0.6) is 0 Å². The molecule has 2 aliphatic heterocycles. The van der Waals surface area contributed by atoms with E-state index in [9.17, 15) is 4.79 Å². The number of likely N-dealkylation sites (tertiary alicyclic amines) is 1. The zero-order chi connectivity index (χ0) is 17.2. The molecule has 0 saturated carbocycles. The summed E-state index contributed by atoms with van der Waals surface area (Å²) < 4.78 is 5.47. The number of fused-ring (bicyclic) bond motifs is 1. The maximum absolute atomic E-state index is 12.9. The molecule has 1 aromatic carbocycles. The first-order chi connectivity index (χ1) is 12.2. The van der Waals surface area contributed by atoms with Crippen molar-refractivity contribution in [3.05, 3.63) is 30.1 Å². The smallest absolute Gasteiger partial charge is 0.237 e. The third-order valence-corrected chi connectivity index (χ3v) is 5.43. The van der Waals surface area contributed by atoms with Crippen molar-refractivity contribution in [3.8, 4) is 0 Å². The third kappa shape index (κ3) is 3.41. The van der Waals surface area contributed by atoms with Gasteiger partial charge in [-0.05, 0) is 51.3 Å². The molecule has 0 aliphatic carbocycles. The molecular weight excluding hydrogens is 316 g/mol. The van der Waals surface area contributed by atoms with E-state index in [2.05, 4.69) is 20.2 Å². The summed E-state index contributed by atoms with van der Waals surface area (Å²) in [5.74, 6) is 0.933. The number of aromatic amines is 1. The predicted octanol–water partition coefficient (Wildman–Crippen LogP) is 2.38. The van der Waals surface area contributed by atoms with Crippen LogP contribution in [0.4, 0.5) is 0 Å². The van der Waals surface area contributed by atoms with Crippen LogP contribution in [0, 0.1) is 0 Å². The SMILES string of the molecule is CC(NC(=O)C1CCCN1C1CCOCC1)c1nc2ccccc2[nH]1. The van der Waals surface area contributed by atoms with E-state index in [1.54, 1.807) is 0 Å². The molecule has 2 N–H and O–H groups in total. The van der Waals surface area contributed by atoms with Gasteiger partial charge in [-0.15, -0.1) is 0 Å². The standard InChI is InChI=1S/C19H26N4O2/c1-13(18-21-15-5-2-3-6-16(15)22-18)20-19(24)17-7-4-10-23(17)14-8-11-25-12-9-14/h2-3,5-6,13-14,17H,4,7-12H2,1H3,(H,20,24)(H,21,22). The van der Waals surface area contributed by atoms with Gasteiger partial charge in [-0.25, -0.2) is 4.98 Å². The quantitative estimate of drug-likeness (QED) is 0.895. The van der Waals surface area contributed by atoms with E-state index in [0.717, 1.165) is 62.3 Å². The summed E-state index contributed by atoms with van der Waals surface area (Å²) in [4.78, 5) is 23.2. The van der Waals surface area contributed by atoms with E-state index in [4.69, 9.17) is 4.74 Å². The van der Waals surface area contributed by atoms with Crippen molar-refractivity contribution in [2.45, 2.75) is 50.7 Å². The average molecular weight is 342 g/mol. The van der Waals surface area contributed by atoms with Crippen molar-refractivity contribution >= 4 is 16.9 Å². The Labute approximate surface area is 147 Å². The molecule has 1 aromatic heterocycles. The molecule has 134 valence electrons. The van der Waals surface area contributed by atoms with E-state index in [-0.39, 0.29) is 18.0 Å². The number of para-hydroxylation sites is 2. The Morgan fingerprint density at radius 1 is 1.32 bits per heavy atom. The van der Waals surface area contributed by atoms with Gasteiger partial charge in [0.1, 0.15) is 5.82 Å². The van der Waals surface area contributed by atoms with Crippen LogP contribution in [-0.2, 0) is 9.53 Å². The number of imidazole rings is 1. The Kier molecular flexibility index (Phi) is 4.72. The lowest BCUT2D eigenvalue weighted by atomic mass is 10.1. The van der Waals surface area contributed by atoms with Gasteiger partial charge >= 0.3 is 0 Å². The zero-order valence-corrected chi connectivity index (χ0v) is 14.7. The van der Waals surface area contributed by atoms with Crippen LogP contribution in [0.3, 0.4) is 0 Å². The van der Waals surface area contributed by atoms with Crippen molar-refractivity contribution in [3.63, 3.8) is 0 Å². The molecular formula is C19H26N4O2. The van der Waals surface area contributed by atoms with Gasteiger partial charge in [0.05, 0.1) is 23.1 Å². The van der Waals surface area contributed by atoms with Gasteiger partial charge in [0.25, 0.3) is 0 Å². The topological polar surface area (TPSA) is 70.2 Å². The number of nitrogens with one attached hydrogen (secondary N) is 2. The van der Waals surface area contributed by atoms with Crippen LogP contribution >= 0.6 is 0 Å². The molecule has 3 heterocycles. The fourth-order valence-electron chi connectivity index (χ4n) is 4.08. The van der Waals surface area contributed by atoms with Crippen molar-refractivity contribution in [2.75, 3.05) is 19.8 Å². The number of ether oxygens (including phenoxy) is 1. The summed E-state index contributed by atoms with van der Waals surface area (Å²) in [5.41, 5.74) is 1.94. The molecule has 1 amide bonds. The lowest BCUT2D eigenvalue weighted by Crippen LogP contribution is -2.49. The molecule has 6 nitrogen and oxygen atoms in total. The Morgan fingerprint density at radius 3 is 2.92 bits per heavy atom. The maximum atomic E-state index is 12.9. The van der Waals surface area contributed by atoms with Crippen LogP contribution < -0.4 is 5.32 Å². The molecule has 2 unspecified atom stereocenters. The first kappa shape index (κ1) is 16.5. The molecule has 0 spiro atoms. The minimum Gasteiger partial charge on any atom is -0.381 e. The number of benzene rings is 1. The van der Waals surface area contributed by atoms with E-state index >= 15 is 0 Å². The minimum absolute atomic E-state index is 0.0186. The van der Waals surface area contributed by atoms with Gasteiger partial charge in [-0.1, -0.05) is 12.1 Å². The van der Waals surface area contributed by atoms with Gasteiger partial charge in [0, 0.05) is 19.3 Å². The number of carbonyl (C=O) groups is 1. The number of hydrogen-bond donors (Lipinski definition) is 2. The number of nitrogens with zero attached hydrogens (tertiary/aromatic N) is 2. The molecule has 2 saturated heterocycles. The van der Waals surface area contributed by atoms with Crippen molar-refractivity contribution < 1.29 is 9.53 Å². The Bertz CT molecular complexity index is 705. The van der Waals surface area contributed by atoms with Crippen molar-refractivity contribution in [1.82, 2.24) is 20.2 Å². The first-order valence-corrected chi connectivity index (χ1v) is 9.31. The summed E-state index contributed by atoms with van der Waals surface area (Å²) in [6.45, 7) is 4.63. The zero-order valence-electron chi connectivity index (χ0n) is 14.7. The molecule has 4 rings (SSSR count). The van der Waals surface area contributed by atoms with E-state index in [1.165, 1.54) is 0 Å². The normalized spacial score (nSPS) is 23.8. The lowest BCUT2D eigenvalue weighted by Gasteiger charge is -2.35. The molecule has 0 radical (unpaired) electrons. The summed E-state index contributed by atoms with van der Waals surface area (Å²) in [6.07, 6.45) is 4.09. The number of hydrogen-bond acceptors (Lipinski definition) is 4. The highest BCUT2D eigenvalue weighted by Gasteiger charge is 2.36. The van der Waals surface area contributed by atoms with Crippen molar-refractivity contribution in [1.29, 1.82) is 0 Å². The second-order valence-electron chi connectivity index (χ2n) is 7.11. The largest absolute Gasteiger partial charge is 0.381 e. The van der Waals surface area contributed by atoms with Crippen LogP contribution in [0.25, 0.3) is 11.0 Å². The monoisotopic (exact) mass is 342 g/mol. The van der Waals surface area contributed by atoms with E-state index < -0.39 is 0 Å². The Balaban J connectivity index is 1.43. The van der Waals surface area contributed by atoms with Gasteiger partial charge in [0.15, 0.2) is 0 Å². The number of aromatic nitrogens is 2. The van der Waals surface area contributed by atoms with E-state index in [0.29, 0.717) is 6.04 Å². The number of carbonyl (C=O) groups excluding carboxylic acids is 1. The number of H-pyrrole nitrogens is 1. The minimum atomic E-state index is -0.128. The Morgan fingerprint density at radius 2 is 2.12 bits per heavy atom. The molecule has 25 heavy (non-hydrogen) atoms. The van der Waals surface area contributed by atoms with Gasteiger partial charge in [-0.2, -0.15) is 0 Å². The predicted molar refractivity (Wildman–Crippen MR) is 96.2 cm³/mol. The maximum Gasteiger partial charge on any atom is 0.237 e. The summed E-state index contributed by atoms with van der Waals surface area (Å²) in [6, 6.07) is 8.27. The van der Waals surface area contributed by atoms with Gasteiger partial charge < -0.3 is 15.0 Å². The second-order valence-corrected chi connectivity index (χ2v) is 7.11. The molecule has 0 bridgehead atoms. The highest BCUT2D eigenvalue weighted by Crippen LogP contribution is 2.26. The van der Waals surface area contributed by atoms with Crippen LogP contribution in [-0.4, -0.2) is 52.6 Å². The number of rotatable bonds is 4.